The second kappa shape index (κ2) is 15.2. The highest BCUT2D eigenvalue weighted by atomic mass is 16.6. The van der Waals surface area contributed by atoms with Crippen molar-refractivity contribution in [2.45, 2.75) is 44.2 Å². The number of aromatic hydroxyl groups is 1. The van der Waals surface area contributed by atoms with E-state index in [0.717, 1.165) is 54.7 Å². The molecule has 0 spiro atoms. The maximum absolute atomic E-state index is 13.2. The van der Waals surface area contributed by atoms with Crippen molar-refractivity contribution in [1.29, 1.82) is 0 Å². The molecule has 3 aliphatic rings. The third kappa shape index (κ3) is 7.83. The van der Waals surface area contributed by atoms with E-state index in [1.165, 1.54) is 12.1 Å². The van der Waals surface area contributed by atoms with Gasteiger partial charge in [0.05, 0.1) is 17.7 Å². The average Bonchev–Trinajstić information content (AvgIpc) is 3.15. The Kier molecular flexibility index (Phi) is 10.1. The van der Waals surface area contributed by atoms with E-state index in [2.05, 4.69) is 20.5 Å². The van der Waals surface area contributed by atoms with Crippen molar-refractivity contribution in [1.82, 2.24) is 20.5 Å². The summed E-state index contributed by atoms with van der Waals surface area (Å²) in [6.45, 7) is 4.19. The van der Waals surface area contributed by atoms with Crippen molar-refractivity contribution in [2.75, 3.05) is 26.2 Å². The number of H-pyrrole nitrogens is 1. The Morgan fingerprint density at radius 1 is 0.900 bits per heavy atom. The van der Waals surface area contributed by atoms with Crippen molar-refractivity contribution in [3.05, 3.63) is 141 Å². The second-order valence-corrected chi connectivity index (χ2v) is 13.2. The van der Waals surface area contributed by atoms with Crippen LogP contribution in [0, 0.1) is 5.92 Å². The standard InChI is InChI=1S/C40H42N4O6/c45-34-15-13-32(33-14-16-37(47)42-39(33)34)35(46)23-41-22-26-9-11-27(12-10-26)25-49-31-8-4-7-30(21-31)38(29-5-2-1-3-6-29)43-40(48)50-36-24-44-19-17-28(36)18-20-44/h1-16,21,28,35-36,38,41,45-46H,17-20,22-25H2,(H,42,47)(H,43,48)/t35-,36+,38?/m1/s1. The third-order valence-electron chi connectivity index (χ3n) is 9.80. The summed E-state index contributed by atoms with van der Waals surface area (Å²) in [6, 6.07) is 31.5. The van der Waals surface area contributed by atoms with Gasteiger partial charge < -0.3 is 35.3 Å². The monoisotopic (exact) mass is 674 g/mol. The van der Waals surface area contributed by atoms with Gasteiger partial charge in [-0.2, -0.15) is 0 Å². The van der Waals surface area contributed by atoms with E-state index >= 15 is 0 Å². The number of carbonyl (C=O) groups excluding carboxylic acids is 1. The normalized spacial score (nSPS) is 19.5. The zero-order valence-electron chi connectivity index (χ0n) is 27.8. The van der Waals surface area contributed by atoms with E-state index in [0.29, 0.717) is 41.3 Å². The fourth-order valence-corrected chi connectivity index (χ4v) is 7.05. The summed E-state index contributed by atoms with van der Waals surface area (Å²) in [5.41, 5.74) is 4.52. The molecule has 4 heterocycles. The van der Waals surface area contributed by atoms with Crippen LogP contribution < -0.4 is 20.9 Å². The Balaban J connectivity index is 0.939. The molecular formula is C40H42N4O6. The third-order valence-corrected chi connectivity index (χ3v) is 9.80. The van der Waals surface area contributed by atoms with Crippen molar-refractivity contribution >= 4 is 17.0 Å². The van der Waals surface area contributed by atoms with Crippen LogP contribution in [0.5, 0.6) is 11.5 Å². The summed E-state index contributed by atoms with van der Waals surface area (Å²) in [5.74, 6) is 1.09. The number of aromatic amines is 1. The second-order valence-electron chi connectivity index (χ2n) is 13.2. The van der Waals surface area contributed by atoms with Gasteiger partial charge in [-0.3, -0.25) is 9.69 Å². The summed E-state index contributed by atoms with van der Waals surface area (Å²) in [4.78, 5) is 29.9. The van der Waals surface area contributed by atoms with Crippen LogP contribution in [0.15, 0.2) is 108 Å². The molecule has 258 valence electrons. The van der Waals surface area contributed by atoms with Gasteiger partial charge in [-0.25, -0.2) is 4.79 Å². The predicted molar refractivity (Wildman–Crippen MR) is 191 cm³/mol. The molecule has 10 heteroatoms. The molecule has 10 nitrogen and oxygen atoms in total. The highest BCUT2D eigenvalue weighted by molar-refractivity contribution is 5.87. The molecule has 8 rings (SSSR count). The lowest BCUT2D eigenvalue weighted by Gasteiger charge is -2.43. The SMILES string of the molecule is O=C(NC(c1ccccc1)c1cccc(OCc2ccc(CNC[C@@H](O)c3ccc(O)c4[nH]c(=O)ccc34)cc2)c1)O[C@H]1CN2CCC1CC2. The minimum Gasteiger partial charge on any atom is -0.506 e. The number of fused-ring (bicyclic) bond motifs is 4. The Morgan fingerprint density at radius 2 is 1.66 bits per heavy atom. The Labute approximate surface area is 290 Å². The molecule has 3 aliphatic heterocycles. The first kappa shape index (κ1) is 33.3. The number of amides is 1. The maximum atomic E-state index is 13.2. The van der Waals surface area contributed by atoms with E-state index in [1.54, 1.807) is 12.1 Å². The quantitative estimate of drug-likeness (QED) is 0.116. The molecular weight excluding hydrogens is 632 g/mol. The molecule has 1 amide bonds. The first-order chi connectivity index (χ1) is 24.4. The van der Waals surface area contributed by atoms with Gasteiger partial charge in [-0.1, -0.05) is 72.8 Å². The van der Waals surface area contributed by atoms with Crippen LogP contribution in [0.4, 0.5) is 4.79 Å². The van der Waals surface area contributed by atoms with Crippen LogP contribution in [0.2, 0.25) is 0 Å². The van der Waals surface area contributed by atoms with Crippen LogP contribution in [0.25, 0.3) is 10.9 Å². The molecule has 3 saturated heterocycles. The van der Waals surface area contributed by atoms with Crippen molar-refractivity contribution in [3.8, 4) is 11.5 Å². The van der Waals surface area contributed by atoms with Crippen molar-refractivity contribution in [2.24, 2.45) is 5.92 Å². The largest absolute Gasteiger partial charge is 0.506 e. The van der Waals surface area contributed by atoms with E-state index in [-0.39, 0.29) is 24.0 Å². The summed E-state index contributed by atoms with van der Waals surface area (Å²) >= 11 is 0. The molecule has 1 unspecified atom stereocenters. The van der Waals surface area contributed by atoms with E-state index in [4.69, 9.17) is 9.47 Å². The minimum absolute atomic E-state index is 0.0385. The van der Waals surface area contributed by atoms with Gasteiger partial charge in [0.1, 0.15) is 24.2 Å². The molecule has 3 fully saturated rings. The van der Waals surface area contributed by atoms with Crippen LogP contribution in [-0.4, -0.2) is 58.5 Å². The highest BCUT2D eigenvalue weighted by Crippen LogP contribution is 2.31. The number of aliphatic hydroxyl groups excluding tert-OH is 1. The van der Waals surface area contributed by atoms with Crippen molar-refractivity contribution < 1.29 is 24.5 Å². The Hall–Kier alpha value is -5.16. The van der Waals surface area contributed by atoms with Crippen LogP contribution >= 0.6 is 0 Å². The number of ether oxygens (including phenoxy) is 2. The number of phenolic OH excluding ortho intramolecular Hbond substituents is 1. The van der Waals surface area contributed by atoms with E-state index in [9.17, 15) is 19.8 Å². The molecule has 5 N–H and O–H groups in total. The summed E-state index contributed by atoms with van der Waals surface area (Å²) < 4.78 is 12.2. The summed E-state index contributed by atoms with van der Waals surface area (Å²) in [5, 5.41) is 28.0. The molecule has 0 saturated carbocycles. The molecule has 0 radical (unpaired) electrons. The summed E-state index contributed by atoms with van der Waals surface area (Å²) in [7, 11) is 0. The lowest BCUT2D eigenvalue weighted by Crippen LogP contribution is -2.52. The smallest absolute Gasteiger partial charge is 0.408 e. The first-order valence-electron chi connectivity index (χ1n) is 17.2. The number of nitrogens with one attached hydrogen (secondary N) is 3. The number of aliphatic hydroxyl groups is 1. The van der Waals surface area contributed by atoms with Gasteiger partial charge in [0, 0.05) is 31.1 Å². The molecule has 2 bridgehead atoms. The van der Waals surface area contributed by atoms with Gasteiger partial charge in [0.2, 0.25) is 5.56 Å². The fourth-order valence-electron chi connectivity index (χ4n) is 7.05. The number of alkyl carbamates (subject to hydrolysis) is 1. The van der Waals surface area contributed by atoms with Crippen LogP contribution in [0.1, 0.15) is 52.8 Å². The topological polar surface area (TPSA) is 136 Å². The van der Waals surface area contributed by atoms with Crippen molar-refractivity contribution in [3.63, 3.8) is 0 Å². The number of hydrogen-bond acceptors (Lipinski definition) is 8. The number of carbonyl (C=O) groups is 1. The van der Waals surface area contributed by atoms with Crippen LogP contribution in [-0.2, 0) is 17.9 Å². The van der Waals surface area contributed by atoms with Gasteiger partial charge >= 0.3 is 6.09 Å². The van der Waals surface area contributed by atoms with Crippen LogP contribution in [0.3, 0.4) is 0 Å². The number of aromatic nitrogens is 1. The zero-order valence-corrected chi connectivity index (χ0v) is 27.8. The molecule has 50 heavy (non-hydrogen) atoms. The average molecular weight is 675 g/mol. The summed E-state index contributed by atoms with van der Waals surface area (Å²) in [6.07, 6.45) is 0.847. The minimum atomic E-state index is -0.833. The number of pyridine rings is 1. The van der Waals surface area contributed by atoms with Gasteiger partial charge in [0.15, 0.2) is 0 Å². The molecule has 3 atom stereocenters. The van der Waals surface area contributed by atoms with Gasteiger partial charge in [0.25, 0.3) is 0 Å². The number of nitrogens with zero attached hydrogens (tertiary/aromatic N) is 1. The fraction of sp³-hybridized carbons (Fsp3) is 0.300. The number of phenols is 1. The number of hydrogen-bond donors (Lipinski definition) is 5. The number of piperidine rings is 3. The molecule has 0 aliphatic carbocycles. The number of benzene rings is 4. The Bertz CT molecular complexity index is 1970. The highest BCUT2D eigenvalue weighted by Gasteiger charge is 2.37. The first-order valence-corrected chi connectivity index (χ1v) is 17.2. The lowest BCUT2D eigenvalue weighted by molar-refractivity contribution is -0.0336. The van der Waals surface area contributed by atoms with Gasteiger partial charge in [-0.15, -0.1) is 0 Å². The zero-order chi connectivity index (χ0) is 34.5. The number of rotatable bonds is 12. The van der Waals surface area contributed by atoms with E-state index < -0.39 is 18.2 Å². The molecule has 4 aromatic carbocycles. The lowest BCUT2D eigenvalue weighted by atomic mass is 9.86. The molecule has 5 aromatic rings. The van der Waals surface area contributed by atoms with E-state index in [1.807, 2.05) is 78.9 Å². The molecule has 1 aromatic heterocycles. The van der Waals surface area contributed by atoms with Gasteiger partial charge in [-0.05, 0) is 83.9 Å². The maximum Gasteiger partial charge on any atom is 0.408 e. The Morgan fingerprint density at radius 3 is 2.42 bits per heavy atom. The predicted octanol–water partition coefficient (Wildman–Crippen LogP) is 5.55.